The summed E-state index contributed by atoms with van der Waals surface area (Å²) in [6.45, 7) is 6.19. The van der Waals surface area contributed by atoms with Crippen LogP contribution in [0.2, 0.25) is 0 Å². The average Bonchev–Trinajstić information content (AvgIpc) is 1.30. The molecule has 4 N–H and O–H groups in total. The summed E-state index contributed by atoms with van der Waals surface area (Å²) in [6, 6.07) is 48.8. The van der Waals surface area contributed by atoms with E-state index in [1.807, 2.05) is 62.4 Å². The van der Waals surface area contributed by atoms with Crippen LogP contribution >= 0.6 is 0 Å². The Bertz CT molecular complexity index is 3510. The molecule has 1 saturated carbocycles. The molecular weight excluding hydrogens is 1270 g/mol. The van der Waals surface area contributed by atoms with E-state index < -0.39 is 159 Å². The van der Waals surface area contributed by atoms with Crippen molar-refractivity contribution in [1.29, 1.82) is 0 Å². The van der Waals surface area contributed by atoms with Crippen LogP contribution in [0.3, 0.4) is 0 Å². The van der Waals surface area contributed by atoms with Gasteiger partial charge in [0.2, 0.25) is 0 Å². The third-order valence-corrected chi connectivity index (χ3v) is 18.1. The van der Waals surface area contributed by atoms with Crippen molar-refractivity contribution in [2.24, 2.45) is 11.8 Å². The summed E-state index contributed by atoms with van der Waals surface area (Å²) < 4.78 is 91.3. The largest absolute Gasteiger partial charge is 0.456 e. The monoisotopic (exact) mass is 1350 g/mol. The number of alkyl carbamates (subject to hydrolysis) is 3. The first-order valence-corrected chi connectivity index (χ1v) is 33.2. The van der Waals surface area contributed by atoms with Crippen LogP contribution in [0.25, 0.3) is 0 Å². The summed E-state index contributed by atoms with van der Waals surface area (Å²) in [5.74, 6) is -2.98. The fourth-order valence-corrected chi connectivity index (χ4v) is 12.9. The molecule has 24 nitrogen and oxygen atoms in total. The number of aliphatic hydroxyl groups is 1. The van der Waals surface area contributed by atoms with Crippen LogP contribution in [0.5, 0.6) is 0 Å². The molecule has 0 radical (unpaired) electrons. The van der Waals surface area contributed by atoms with Gasteiger partial charge in [0.1, 0.15) is 81.5 Å². The number of esters is 2. The Kier molecular flexibility index (Phi) is 24.7. The zero-order valence-electron chi connectivity index (χ0n) is 54.7. The molecule has 24 heteroatoms. The molecule has 0 aromatic heterocycles. The van der Waals surface area contributed by atoms with E-state index in [9.17, 15) is 33.9 Å². The highest BCUT2D eigenvalue weighted by atomic mass is 16.8. The third kappa shape index (κ3) is 17.8. The smallest absolute Gasteiger partial charge is 0.407 e. The summed E-state index contributed by atoms with van der Waals surface area (Å²) in [6.07, 6.45) is -20.4. The molecule has 6 aromatic carbocycles. The number of amides is 3. The lowest BCUT2D eigenvalue weighted by atomic mass is 9.82. The first-order chi connectivity index (χ1) is 47.7. The Morgan fingerprint density at radius 1 is 0.490 bits per heavy atom. The Balaban J connectivity index is 0.973. The molecule has 20 atom stereocenters. The molecule has 98 heavy (non-hydrogen) atoms. The minimum Gasteiger partial charge on any atom is -0.456 e. The predicted molar refractivity (Wildman–Crippen MR) is 348 cm³/mol. The van der Waals surface area contributed by atoms with Gasteiger partial charge in [-0.15, -0.1) is 0 Å². The molecule has 1 aliphatic carbocycles. The molecule has 4 heterocycles. The number of carbonyl (C=O) groups excluding carboxylic acids is 6. The lowest BCUT2D eigenvalue weighted by molar-refractivity contribution is -0.366. The molecule has 4 aliphatic heterocycles. The van der Waals surface area contributed by atoms with Crippen LogP contribution < -0.4 is 16.0 Å². The number of hydrogen-bond donors (Lipinski definition) is 4. The predicted octanol–water partition coefficient (Wildman–Crippen LogP) is 9.21. The van der Waals surface area contributed by atoms with Gasteiger partial charge in [-0.2, -0.15) is 0 Å². The Morgan fingerprint density at radius 2 is 0.949 bits per heavy atom. The van der Waals surface area contributed by atoms with E-state index in [0.29, 0.717) is 29.4 Å². The minimum atomic E-state index is -1.67. The van der Waals surface area contributed by atoms with Gasteiger partial charge in [0.05, 0.1) is 48.1 Å². The number of aliphatic hydroxyl groups excluding tert-OH is 1. The van der Waals surface area contributed by atoms with Crippen LogP contribution in [0.1, 0.15) is 96.2 Å². The van der Waals surface area contributed by atoms with E-state index in [0.717, 1.165) is 5.56 Å². The summed E-state index contributed by atoms with van der Waals surface area (Å²) in [5, 5.41) is 21.1. The van der Waals surface area contributed by atoms with Gasteiger partial charge in [-0.3, -0.25) is 0 Å². The van der Waals surface area contributed by atoms with E-state index in [4.69, 9.17) is 66.3 Å². The molecule has 3 amide bonds. The zero-order valence-corrected chi connectivity index (χ0v) is 54.7. The van der Waals surface area contributed by atoms with E-state index in [1.165, 1.54) is 12.1 Å². The van der Waals surface area contributed by atoms with Gasteiger partial charge in [0, 0.05) is 17.4 Å². The molecule has 6 aromatic rings. The van der Waals surface area contributed by atoms with Crippen molar-refractivity contribution in [3.8, 4) is 0 Å². The topological polar surface area (TPSA) is 288 Å². The van der Waals surface area contributed by atoms with Crippen molar-refractivity contribution in [2.75, 3.05) is 13.2 Å². The highest BCUT2D eigenvalue weighted by Gasteiger charge is 2.59. The van der Waals surface area contributed by atoms with Crippen molar-refractivity contribution >= 4 is 36.5 Å². The fraction of sp³-hybridized carbons (Fsp3) is 0.432. The Labute approximate surface area is 568 Å². The Morgan fingerprint density at radius 3 is 1.47 bits per heavy atom. The molecule has 4 saturated heterocycles. The highest BCUT2D eigenvalue weighted by molar-refractivity contribution is 5.90. The number of rotatable bonds is 25. The lowest BCUT2D eigenvalue weighted by Gasteiger charge is -2.51. The van der Waals surface area contributed by atoms with Crippen molar-refractivity contribution < 1.29 is 100 Å². The van der Waals surface area contributed by atoms with E-state index in [2.05, 4.69) is 16.0 Å². The van der Waals surface area contributed by atoms with Gasteiger partial charge in [-0.25, -0.2) is 24.0 Å². The van der Waals surface area contributed by atoms with Crippen molar-refractivity contribution in [3.05, 3.63) is 215 Å². The maximum absolute atomic E-state index is 14.8. The molecule has 5 fully saturated rings. The molecule has 20 unspecified atom stereocenters. The van der Waals surface area contributed by atoms with Gasteiger partial charge in [-0.05, 0) is 60.2 Å². The minimum absolute atomic E-state index is 0.0457. The van der Waals surface area contributed by atoms with E-state index >= 15 is 0 Å². The molecule has 520 valence electrons. The second-order valence-electron chi connectivity index (χ2n) is 24.7. The first-order valence-electron chi connectivity index (χ1n) is 33.2. The van der Waals surface area contributed by atoms with E-state index in [-0.39, 0.29) is 50.4 Å². The van der Waals surface area contributed by atoms with Crippen LogP contribution in [0.4, 0.5) is 14.4 Å². The fourth-order valence-electron chi connectivity index (χ4n) is 12.9. The summed E-state index contributed by atoms with van der Waals surface area (Å²) in [4.78, 5) is 84.5. The maximum Gasteiger partial charge on any atom is 0.407 e. The number of aldehydes is 1. The molecule has 0 spiro atoms. The summed E-state index contributed by atoms with van der Waals surface area (Å²) in [7, 11) is 0. The van der Waals surface area contributed by atoms with Crippen molar-refractivity contribution in [2.45, 2.75) is 177 Å². The average molecular weight is 1350 g/mol. The van der Waals surface area contributed by atoms with E-state index in [1.54, 1.807) is 135 Å². The summed E-state index contributed by atoms with van der Waals surface area (Å²) >= 11 is 0. The second-order valence-corrected chi connectivity index (χ2v) is 24.7. The van der Waals surface area contributed by atoms with Gasteiger partial charge in [-0.1, -0.05) is 185 Å². The quantitative estimate of drug-likeness (QED) is 0.0236. The number of benzene rings is 6. The van der Waals surface area contributed by atoms with Gasteiger partial charge in [0.15, 0.2) is 31.3 Å². The normalized spacial score (nSPS) is 30.5. The number of carbonyl (C=O) groups is 6. The molecule has 0 bridgehead atoms. The maximum atomic E-state index is 14.8. The first kappa shape index (κ1) is 70.7. The van der Waals surface area contributed by atoms with Gasteiger partial charge in [0.25, 0.3) is 0 Å². The van der Waals surface area contributed by atoms with Crippen molar-refractivity contribution in [1.82, 2.24) is 16.0 Å². The zero-order chi connectivity index (χ0) is 68.5. The number of hydrogen-bond acceptors (Lipinski definition) is 21. The van der Waals surface area contributed by atoms with Gasteiger partial charge < -0.3 is 92.2 Å². The second kappa shape index (κ2) is 34.2. The van der Waals surface area contributed by atoms with Crippen LogP contribution in [-0.4, -0.2) is 159 Å². The number of ether oxygens (including phenoxy) is 14. The molecular formula is C74H83N3O21. The SMILES string of the molecule is CCC1OC(OC2C(CC)OC(OC3C(OC(=O)c4ccccc4)C(NC(=O)OCc4ccccc4)CC(NC(=O)OCc4ccccc4)C3OC3OC4COC(c5ccccc5)OC4C(O)C3C)C2OCC=O)C(NC(=O)OCc2ccccc2)C(OC(=O)c2ccccc2)C1C. The lowest BCUT2D eigenvalue weighted by Crippen LogP contribution is -2.69. The Hall–Kier alpha value is -8.66. The van der Waals surface area contributed by atoms with Crippen LogP contribution in [-0.2, 0) is 90.9 Å². The van der Waals surface area contributed by atoms with Gasteiger partial charge >= 0.3 is 30.2 Å². The van der Waals surface area contributed by atoms with Crippen molar-refractivity contribution in [3.63, 3.8) is 0 Å². The number of nitrogens with one attached hydrogen (secondary N) is 3. The van der Waals surface area contributed by atoms with Crippen LogP contribution in [0.15, 0.2) is 182 Å². The van der Waals surface area contributed by atoms with Crippen LogP contribution in [0, 0.1) is 11.8 Å². The number of fused-ring (bicyclic) bond motifs is 1. The molecule has 5 aliphatic rings. The molecule has 11 rings (SSSR count). The third-order valence-electron chi connectivity index (χ3n) is 18.1. The summed E-state index contributed by atoms with van der Waals surface area (Å²) in [5.41, 5.74) is 3.12. The standard InChI is InChI=1S/C74H83N3O21/c1-5-54-44(3)59(93-66(80)49-31-19-10-20-32-49)57(77-74(84)89-42-48-29-17-9-18-30-48)70(90-54)97-63-55(6-2)91-71(65(63)85-38-37-78)98-64-60(94-67(81)50-33-21-11-22-34-50)52(75-72(82)87-40-46-25-13-7-14-26-46)39-53(76-73(83)88-41-47-27-15-8-16-28-47)61(64)95-68-45(4)58(79)62-56(92-68)43-86-69(96-62)51-35-23-12-24-36-51/h7-37,44-45,52-65,68-71,79H,5-6,38-43H2,1-4H3,(H,75,82)(H,76,83)(H,77,84). The highest BCUT2D eigenvalue weighted by Crippen LogP contribution is 2.42.